The van der Waals surface area contributed by atoms with Gasteiger partial charge in [-0.3, -0.25) is 43.3 Å². The van der Waals surface area contributed by atoms with Crippen molar-refractivity contribution in [3.05, 3.63) is 65.8 Å². The molecule has 4 aliphatic heterocycles. The van der Waals surface area contributed by atoms with Gasteiger partial charge in [0, 0.05) is 63.1 Å². The molecule has 10 N–H and O–H groups in total. The lowest BCUT2D eigenvalue weighted by molar-refractivity contribution is -0.146. The van der Waals surface area contributed by atoms with E-state index < -0.39 is 72.0 Å². The number of rotatable bonds is 31. The fourth-order valence-electron chi connectivity index (χ4n) is 11.1. The number of primary amides is 1. The number of benzene rings is 1. The standard InChI is InChI=1S/C62H91N9O16S/c1-35(2)55(70-51(73)14-10-9-11-26-71-54(76)31-50(88-8)59(71)80)58(79)69-46(13-12-25-64-60(63)81)57(78)66-42-20-18-41(19-21-42)33-83-61(82)67-44-28-43(29-44)65-53(75)30-45-32-62(34-84-62)56(77)49(87-45)23-16-36(3)15-22-48-37(4)27-47(39(6)86-48)68-52(74)24-17-38(5)85-40(7)72/h15-21,23-24,35,37-39,43-50,55-56,77H,9-14,22,25-34H2,1-8H3,(H,65,75)(H,66,78)(H,67,82)(H,68,74)(H,69,79)(H,70,73)(H3,63,64,81)/b23-16+,24-17-,36-15+/t37-,38-,39+,43?,44?,45+,46-,47+,48-,49+,50?,55-,56+,62+/m0/s1. The van der Waals surface area contributed by atoms with Gasteiger partial charge in [0.05, 0.1) is 42.6 Å². The summed E-state index contributed by atoms with van der Waals surface area (Å²) >= 11 is 1.35. The first-order valence-corrected chi connectivity index (χ1v) is 31.9. The molecular formula is C62H91N9O16S. The molecule has 88 heavy (non-hydrogen) atoms. The van der Waals surface area contributed by atoms with E-state index in [0.717, 1.165) is 12.0 Å². The van der Waals surface area contributed by atoms with Crippen molar-refractivity contribution in [1.29, 1.82) is 0 Å². The second-order valence-electron chi connectivity index (χ2n) is 24.1. The van der Waals surface area contributed by atoms with Crippen LogP contribution in [0.2, 0.25) is 0 Å². The van der Waals surface area contributed by atoms with Gasteiger partial charge in [-0.05, 0) is 114 Å². The van der Waals surface area contributed by atoms with Crippen molar-refractivity contribution in [3.63, 3.8) is 0 Å². The molecule has 10 amide bonds. The monoisotopic (exact) mass is 1250 g/mol. The van der Waals surface area contributed by atoms with E-state index in [2.05, 4.69) is 50.2 Å². The minimum atomic E-state index is -1.06. The second kappa shape index (κ2) is 33.6. The number of imide groups is 1. The number of nitrogens with one attached hydrogen (secondary N) is 7. The minimum absolute atomic E-state index is 0.0587. The topological polar surface area (TPSA) is 354 Å². The molecule has 5 aliphatic rings. The van der Waals surface area contributed by atoms with Gasteiger partial charge in [0.1, 0.15) is 42.6 Å². The van der Waals surface area contributed by atoms with E-state index in [9.17, 15) is 53.1 Å². The number of thioether (sulfide) groups is 1. The number of allylic oxidation sites excluding steroid dienone is 2. The van der Waals surface area contributed by atoms with Gasteiger partial charge in [-0.1, -0.05) is 63.1 Å². The molecular weight excluding hydrogens is 1160 g/mol. The van der Waals surface area contributed by atoms with E-state index in [1.165, 1.54) is 35.7 Å². The summed E-state index contributed by atoms with van der Waals surface area (Å²) in [5.41, 5.74) is 6.39. The molecule has 6 rings (SSSR count). The number of epoxide rings is 1. The van der Waals surface area contributed by atoms with Crippen molar-refractivity contribution in [2.75, 3.05) is 31.3 Å². The number of esters is 1. The summed E-state index contributed by atoms with van der Waals surface area (Å²) in [6, 6.07) is 3.21. The number of unbranched alkanes of at least 4 members (excludes halogenated alkanes) is 2. The minimum Gasteiger partial charge on any atom is -0.459 e. The summed E-state index contributed by atoms with van der Waals surface area (Å²) in [6.07, 6.45) is 12.0. The average molecular weight is 1250 g/mol. The largest absolute Gasteiger partial charge is 0.459 e. The third kappa shape index (κ3) is 22.0. The number of carbonyl (C=O) groups excluding carboxylic acids is 10. The highest BCUT2D eigenvalue weighted by molar-refractivity contribution is 8.00. The van der Waals surface area contributed by atoms with Crippen molar-refractivity contribution in [1.82, 2.24) is 36.8 Å². The van der Waals surface area contributed by atoms with Crippen LogP contribution in [-0.4, -0.2) is 173 Å². The summed E-state index contributed by atoms with van der Waals surface area (Å²) in [7, 11) is 0. The molecule has 0 radical (unpaired) electrons. The predicted octanol–water partition coefficient (Wildman–Crippen LogP) is 4.00. The molecule has 1 saturated carbocycles. The molecule has 26 heteroatoms. The van der Waals surface area contributed by atoms with Crippen molar-refractivity contribution in [3.8, 4) is 0 Å². The zero-order valence-corrected chi connectivity index (χ0v) is 52.6. The van der Waals surface area contributed by atoms with Gasteiger partial charge in [0.2, 0.25) is 41.4 Å². The molecule has 1 unspecified atom stereocenters. The Morgan fingerprint density at radius 3 is 2.26 bits per heavy atom. The molecule has 5 fully saturated rings. The molecule has 4 saturated heterocycles. The maximum absolute atomic E-state index is 13.7. The number of urea groups is 1. The Balaban J connectivity index is 0.879. The Hall–Kier alpha value is -6.87. The van der Waals surface area contributed by atoms with Gasteiger partial charge < -0.3 is 71.7 Å². The Morgan fingerprint density at radius 2 is 1.60 bits per heavy atom. The lowest BCUT2D eigenvalue weighted by atomic mass is 9.85. The molecule has 1 aliphatic carbocycles. The summed E-state index contributed by atoms with van der Waals surface area (Å²) in [5.74, 6) is -2.98. The molecule has 0 bridgehead atoms. The van der Waals surface area contributed by atoms with Gasteiger partial charge in [-0.25, -0.2) is 9.59 Å². The van der Waals surface area contributed by atoms with Crippen LogP contribution in [-0.2, 0) is 68.6 Å². The molecule has 486 valence electrons. The van der Waals surface area contributed by atoms with Crippen LogP contribution < -0.4 is 43.0 Å². The molecule has 1 spiro atoms. The van der Waals surface area contributed by atoms with Crippen LogP contribution in [0, 0.1) is 11.8 Å². The number of likely N-dealkylation sites (tertiary alicyclic amines) is 1. The highest BCUT2D eigenvalue weighted by atomic mass is 32.2. The number of amides is 10. The quantitative estimate of drug-likeness (QED) is 0.0127. The number of alkyl carbamates (subject to hydrolysis) is 1. The van der Waals surface area contributed by atoms with Crippen LogP contribution in [0.15, 0.2) is 60.2 Å². The van der Waals surface area contributed by atoms with Crippen LogP contribution in [0.5, 0.6) is 0 Å². The van der Waals surface area contributed by atoms with E-state index in [4.69, 9.17) is 29.4 Å². The van der Waals surface area contributed by atoms with E-state index in [1.807, 2.05) is 19.9 Å². The third-order valence-corrected chi connectivity index (χ3v) is 17.3. The highest BCUT2D eigenvalue weighted by Gasteiger charge is 2.58. The van der Waals surface area contributed by atoms with Crippen LogP contribution in [0.3, 0.4) is 0 Å². The smallest absolute Gasteiger partial charge is 0.407 e. The van der Waals surface area contributed by atoms with Crippen molar-refractivity contribution in [2.24, 2.45) is 17.6 Å². The number of nitrogens with zero attached hydrogens (tertiary/aromatic N) is 1. The number of aliphatic hydroxyl groups is 1. The van der Waals surface area contributed by atoms with Gasteiger partial charge in [-0.15, -0.1) is 0 Å². The lowest BCUT2D eigenvalue weighted by Crippen LogP contribution is -2.55. The van der Waals surface area contributed by atoms with E-state index in [-0.39, 0.29) is 122 Å². The summed E-state index contributed by atoms with van der Waals surface area (Å²) < 4.78 is 28.9. The van der Waals surface area contributed by atoms with Gasteiger partial charge in [-0.2, -0.15) is 11.8 Å². The third-order valence-electron chi connectivity index (χ3n) is 16.4. The average Bonchev–Trinajstić information content (AvgIpc) is 1.79. The fourth-order valence-corrected chi connectivity index (χ4v) is 11.8. The first-order chi connectivity index (χ1) is 41.8. The van der Waals surface area contributed by atoms with Gasteiger partial charge >= 0.3 is 18.1 Å². The lowest BCUT2D eigenvalue weighted by Gasteiger charge is -2.39. The maximum atomic E-state index is 13.7. The molecule has 0 aromatic heterocycles. The number of nitrogens with two attached hydrogens (primary N) is 1. The van der Waals surface area contributed by atoms with Crippen molar-refractivity contribution < 1.29 is 76.7 Å². The predicted molar refractivity (Wildman–Crippen MR) is 326 cm³/mol. The van der Waals surface area contributed by atoms with E-state index in [0.29, 0.717) is 69.3 Å². The Morgan fingerprint density at radius 1 is 0.886 bits per heavy atom. The summed E-state index contributed by atoms with van der Waals surface area (Å²) in [4.78, 5) is 127. The molecule has 1 aromatic carbocycles. The summed E-state index contributed by atoms with van der Waals surface area (Å²) in [5, 5.41) is 30.5. The Bertz CT molecular complexity index is 2720. The summed E-state index contributed by atoms with van der Waals surface area (Å²) in [6.45, 7) is 13.2. The van der Waals surface area contributed by atoms with Gasteiger partial charge in [0.15, 0.2) is 0 Å². The van der Waals surface area contributed by atoms with Crippen LogP contribution in [0.4, 0.5) is 15.3 Å². The number of hydrogen-bond acceptors (Lipinski definition) is 17. The Labute approximate surface area is 519 Å². The first kappa shape index (κ1) is 70.2. The molecule has 1 aromatic rings. The van der Waals surface area contributed by atoms with Crippen LogP contribution in [0.1, 0.15) is 138 Å². The van der Waals surface area contributed by atoms with Crippen LogP contribution in [0.25, 0.3) is 0 Å². The van der Waals surface area contributed by atoms with E-state index >= 15 is 0 Å². The molecule has 25 nitrogen and oxygen atoms in total. The van der Waals surface area contributed by atoms with Crippen molar-refractivity contribution >= 4 is 76.9 Å². The van der Waals surface area contributed by atoms with Gasteiger partial charge in [0.25, 0.3) is 0 Å². The molecule has 4 heterocycles. The Kier molecular flexibility index (Phi) is 26.8. The number of ether oxygens (including phenoxy) is 5. The number of aliphatic hydroxyl groups excluding tert-OH is 1. The number of anilines is 1. The fraction of sp³-hybridized carbons (Fsp3) is 0.645. The zero-order chi connectivity index (χ0) is 64.2. The maximum Gasteiger partial charge on any atom is 0.407 e. The second-order valence-corrected chi connectivity index (χ2v) is 25.1. The van der Waals surface area contributed by atoms with Crippen LogP contribution >= 0.6 is 11.8 Å². The molecule has 12 atom stereocenters. The zero-order valence-electron chi connectivity index (χ0n) is 51.8. The first-order valence-electron chi connectivity index (χ1n) is 30.6. The normalized spacial score (nSPS) is 27.0. The van der Waals surface area contributed by atoms with E-state index in [1.54, 1.807) is 57.4 Å². The number of hydrogen-bond donors (Lipinski definition) is 9. The SMILES string of the molecule is CSC1CC(=O)N(CCCCCC(=O)N[C@H](C(=O)N[C@@H](CCCNC(N)=O)C(=O)Nc2ccc(COC(=O)NC3CC(NC(=O)C[C@@H]4C[C@@]5(CO5)[C@H](O)[C@@H](/C=C/C(C)=C/C[C@@H]5O[C@H](C)[C@H](NC(=O)/C=C\[C@H](C)OC(C)=O)C[C@@H]5C)O4)C3)cc2)C(C)C)C1=O. The highest BCUT2D eigenvalue weighted by Crippen LogP contribution is 2.43. The van der Waals surface area contributed by atoms with Crippen molar-refractivity contribution in [2.45, 2.75) is 216 Å². The number of carbonyl (C=O) groups is 10.